The van der Waals surface area contributed by atoms with Crippen molar-refractivity contribution in [1.29, 1.82) is 0 Å². The molecule has 0 amide bonds. The lowest BCUT2D eigenvalue weighted by Crippen LogP contribution is -2.41. The zero-order chi connectivity index (χ0) is 13.0. The summed E-state index contributed by atoms with van der Waals surface area (Å²) in [5.41, 5.74) is 0. The highest BCUT2D eigenvalue weighted by Crippen LogP contribution is 2.19. The van der Waals surface area contributed by atoms with Gasteiger partial charge in [-0.25, -0.2) is 4.98 Å². The quantitative estimate of drug-likeness (QED) is 0.790. The van der Waals surface area contributed by atoms with E-state index in [9.17, 15) is 4.79 Å². The van der Waals surface area contributed by atoms with Gasteiger partial charge >= 0.3 is 5.97 Å². The van der Waals surface area contributed by atoms with E-state index in [1.54, 1.807) is 12.5 Å². The summed E-state index contributed by atoms with van der Waals surface area (Å²) in [6.07, 6.45) is 6.45. The van der Waals surface area contributed by atoms with E-state index in [0.717, 1.165) is 19.5 Å². The predicted octanol–water partition coefficient (Wildman–Crippen LogP) is 0.305. The molecule has 2 atom stereocenters. The summed E-state index contributed by atoms with van der Waals surface area (Å²) in [5.74, 6) is -1.16. The van der Waals surface area contributed by atoms with E-state index in [1.165, 1.54) is 0 Å². The van der Waals surface area contributed by atoms with Gasteiger partial charge < -0.3 is 19.3 Å². The Bertz CT molecular complexity index is 380. The fraction of sp³-hybridized carbons (Fsp3) is 0.667. The van der Waals surface area contributed by atoms with Crippen LogP contribution in [0.2, 0.25) is 0 Å². The molecule has 1 aliphatic heterocycles. The third-order valence-electron chi connectivity index (χ3n) is 3.42. The maximum absolute atomic E-state index is 11.1. The van der Waals surface area contributed by atoms with Gasteiger partial charge in [0.05, 0.1) is 25.5 Å². The van der Waals surface area contributed by atoms with E-state index in [2.05, 4.69) is 9.88 Å². The van der Waals surface area contributed by atoms with Crippen molar-refractivity contribution < 1.29 is 14.6 Å². The van der Waals surface area contributed by atoms with Gasteiger partial charge in [0.2, 0.25) is 0 Å². The number of hydrogen-bond acceptors (Lipinski definition) is 4. The number of carboxylic acid groups (broad SMARTS) is 1. The molecule has 2 heterocycles. The number of aryl methyl sites for hydroxylation is 1. The fourth-order valence-corrected chi connectivity index (χ4v) is 2.30. The van der Waals surface area contributed by atoms with E-state index in [4.69, 9.17) is 9.84 Å². The number of likely N-dealkylation sites (N-methyl/N-ethyl adjacent to an activating group) is 1. The summed E-state index contributed by atoms with van der Waals surface area (Å²) in [6.45, 7) is 2.59. The number of carboxylic acids is 1. The van der Waals surface area contributed by atoms with Crippen LogP contribution in [0.4, 0.5) is 0 Å². The van der Waals surface area contributed by atoms with E-state index >= 15 is 0 Å². The first-order chi connectivity index (χ1) is 8.68. The van der Waals surface area contributed by atoms with Gasteiger partial charge in [0.25, 0.3) is 0 Å². The first-order valence-electron chi connectivity index (χ1n) is 6.15. The monoisotopic (exact) mass is 253 g/mol. The summed E-state index contributed by atoms with van der Waals surface area (Å²) in [4.78, 5) is 17.1. The van der Waals surface area contributed by atoms with Crippen LogP contribution in [-0.2, 0) is 16.1 Å². The largest absolute Gasteiger partial charge is 0.481 e. The second-order valence-corrected chi connectivity index (χ2v) is 4.68. The molecule has 2 rings (SSSR count). The molecule has 2 unspecified atom stereocenters. The molecule has 1 aromatic heterocycles. The molecular weight excluding hydrogens is 234 g/mol. The average Bonchev–Trinajstić information content (AvgIpc) is 2.99. The minimum Gasteiger partial charge on any atom is -0.481 e. The number of ether oxygens (including phenoxy) is 1. The highest BCUT2D eigenvalue weighted by atomic mass is 16.5. The van der Waals surface area contributed by atoms with E-state index in [1.807, 2.05) is 17.8 Å². The van der Waals surface area contributed by atoms with Crippen LogP contribution in [0.15, 0.2) is 18.7 Å². The van der Waals surface area contributed by atoms with Gasteiger partial charge in [-0.1, -0.05) is 0 Å². The zero-order valence-corrected chi connectivity index (χ0v) is 10.5. The van der Waals surface area contributed by atoms with Crippen LogP contribution < -0.4 is 0 Å². The molecular formula is C12H19N3O3. The Morgan fingerprint density at radius 1 is 1.61 bits per heavy atom. The van der Waals surface area contributed by atoms with Gasteiger partial charge in [0.1, 0.15) is 0 Å². The molecule has 0 bridgehead atoms. The van der Waals surface area contributed by atoms with Gasteiger partial charge in [0.15, 0.2) is 0 Å². The molecule has 1 aromatic rings. The second kappa shape index (κ2) is 5.97. The molecule has 0 aromatic carbocycles. The van der Waals surface area contributed by atoms with Crippen molar-refractivity contribution in [3.05, 3.63) is 18.7 Å². The Morgan fingerprint density at radius 3 is 3.11 bits per heavy atom. The third kappa shape index (κ3) is 3.08. The highest BCUT2D eigenvalue weighted by molar-refractivity contribution is 5.71. The molecule has 1 saturated heterocycles. The van der Waals surface area contributed by atoms with Crippen LogP contribution in [-0.4, -0.2) is 58.4 Å². The van der Waals surface area contributed by atoms with Crippen molar-refractivity contribution in [2.75, 3.05) is 26.8 Å². The summed E-state index contributed by atoms with van der Waals surface area (Å²) in [5, 5.41) is 9.09. The van der Waals surface area contributed by atoms with Crippen molar-refractivity contribution in [3.8, 4) is 0 Å². The molecule has 0 spiro atoms. The van der Waals surface area contributed by atoms with Gasteiger partial charge in [-0.3, -0.25) is 4.79 Å². The van der Waals surface area contributed by atoms with Gasteiger partial charge in [-0.05, 0) is 20.0 Å². The summed E-state index contributed by atoms with van der Waals surface area (Å²) in [6, 6.07) is -0.00899. The predicted molar refractivity (Wildman–Crippen MR) is 65.2 cm³/mol. The number of rotatable bonds is 6. The van der Waals surface area contributed by atoms with Crippen LogP contribution in [0.5, 0.6) is 0 Å². The Balaban J connectivity index is 1.77. The number of nitrogens with zero attached hydrogens (tertiary/aromatic N) is 3. The van der Waals surface area contributed by atoms with Crippen LogP contribution in [0.1, 0.15) is 6.42 Å². The van der Waals surface area contributed by atoms with Gasteiger partial charge in [-0.2, -0.15) is 0 Å². The van der Waals surface area contributed by atoms with Crippen LogP contribution in [0.25, 0.3) is 0 Å². The first-order valence-corrected chi connectivity index (χ1v) is 6.15. The number of aromatic nitrogens is 2. The van der Waals surface area contributed by atoms with Crippen molar-refractivity contribution in [1.82, 2.24) is 14.5 Å². The lowest BCUT2D eigenvalue weighted by atomic mass is 10.0. The third-order valence-corrected chi connectivity index (χ3v) is 3.42. The molecule has 0 saturated carbocycles. The Kier molecular flexibility index (Phi) is 4.33. The average molecular weight is 253 g/mol. The SMILES string of the molecule is CN(CCCn1ccnc1)C1COCC1C(=O)O. The maximum Gasteiger partial charge on any atom is 0.310 e. The lowest BCUT2D eigenvalue weighted by molar-refractivity contribution is -0.143. The molecule has 1 aliphatic rings. The van der Waals surface area contributed by atoms with Crippen molar-refractivity contribution in [2.45, 2.75) is 19.0 Å². The number of imidazole rings is 1. The van der Waals surface area contributed by atoms with Gasteiger partial charge in [0, 0.05) is 25.0 Å². The number of hydrogen-bond donors (Lipinski definition) is 1. The van der Waals surface area contributed by atoms with Gasteiger partial charge in [-0.15, -0.1) is 0 Å². The van der Waals surface area contributed by atoms with Crippen molar-refractivity contribution >= 4 is 5.97 Å². The van der Waals surface area contributed by atoms with E-state index in [-0.39, 0.29) is 6.04 Å². The zero-order valence-electron chi connectivity index (χ0n) is 10.5. The molecule has 6 nitrogen and oxygen atoms in total. The molecule has 100 valence electrons. The molecule has 1 N–H and O–H groups in total. The Morgan fingerprint density at radius 2 is 2.44 bits per heavy atom. The lowest BCUT2D eigenvalue weighted by Gasteiger charge is -2.26. The van der Waals surface area contributed by atoms with Crippen LogP contribution in [0.3, 0.4) is 0 Å². The number of carbonyl (C=O) groups is 1. The highest BCUT2D eigenvalue weighted by Gasteiger charge is 2.36. The Hall–Kier alpha value is -1.40. The first kappa shape index (κ1) is 13.0. The minimum absolute atomic E-state index is 0.00899. The molecule has 1 fully saturated rings. The van der Waals surface area contributed by atoms with Crippen LogP contribution >= 0.6 is 0 Å². The number of aliphatic carboxylic acids is 1. The normalized spacial score (nSPS) is 23.7. The molecule has 6 heteroatoms. The second-order valence-electron chi connectivity index (χ2n) is 4.68. The molecule has 0 aliphatic carbocycles. The van der Waals surface area contributed by atoms with Crippen LogP contribution in [0, 0.1) is 5.92 Å². The topological polar surface area (TPSA) is 67.6 Å². The fourth-order valence-electron chi connectivity index (χ4n) is 2.30. The van der Waals surface area contributed by atoms with Crippen molar-refractivity contribution in [3.63, 3.8) is 0 Å². The smallest absolute Gasteiger partial charge is 0.310 e. The summed E-state index contributed by atoms with van der Waals surface area (Å²) >= 11 is 0. The van der Waals surface area contributed by atoms with E-state index in [0.29, 0.717) is 13.2 Å². The van der Waals surface area contributed by atoms with E-state index < -0.39 is 11.9 Å². The maximum atomic E-state index is 11.1. The standard InChI is InChI=1S/C12H19N3O3/c1-14(4-2-5-15-6-3-13-9-15)11-8-18-7-10(11)12(16)17/h3,6,9-11H,2,4-5,7-8H2,1H3,(H,16,17). The van der Waals surface area contributed by atoms with Crippen molar-refractivity contribution in [2.24, 2.45) is 5.92 Å². The molecule has 18 heavy (non-hydrogen) atoms. The Labute approximate surface area is 106 Å². The summed E-state index contributed by atoms with van der Waals surface area (Å²) < 4.78 is 7.29. The minimum atomic E-state index is -0.765. The molecule has 0 radical (unpaired) electrons. The summed E-state index contributed by atoms with van der Waals surface area (Å²) in [7, 11) is 1.96.